The quantitative estimate of drug-likeness (QED) is 0.262. The van der Waals surface area contributed by atoms with E-state index in [0.717, 1.165) is 0 Å². The maximum Gasteiger partial charge on any atom is 0.262 e. The summed E-state index contributed by atoms with van der Waals surface area (Å²) in [6, 6.07) is 6.39. The molecule has 0 fully saturated rings. The van der Waals surface area contributed by atoms with E-state index in [1.54, 1.807) is 19.2 Å². The van der Waals surface area contributed by atoms with Crippen molar-refractivity contribution in [3.05, 3.63) is 29.3 Å². The van der Waals surface area contributed by atoms with Crippen molar-refractivity contribution in [2.75, 3.05) is 20.2 Å². The minimum Gasteiger partial charge on any atom is -0.504 e. The number of rotatable bonds is 7. The summed E-state index contributed by atoms with van der Waals surface area (Å²) in [5, 5.41) is 21.2. The number of phenols is 1. The summed E-state index contributed by atoms with van der Waals surface area (Å²) in [5.74, 6) is -0.240. The molecule has 1 aromatic rings. The lowest BCUT2D eigenvalue weighted by Gasteiger charge is -2.05. The zero-order valence-electron chi connectivity index (χ0n) is 13.0. The van der Waals surface area contributed by atoms with Gasteiger partial charge in [-0.1, -0.05) is 6.07 Å². The Kier molecular flexibility index (Phi) is 7.58. The summed E-state index contributed by atoms with van der Waals surface area (Å²) >= 11 is 0. The second kappa shape index (κ2) is 9.73. The summed E-state index contributed by atoms with van der Waals surface area (Å²) in [5.41, 5.74) is 0.523. The Morgan fingerprint density at radius 2 is 2.30 bits per heavy atom. The van der Waals surface area contributed by atoms with Crippen LogP contribution in [-0.2, 0) is 4.79 Å². The highest BCUT2D eigenvalue weighted by atomic mass is 16.5. The van der Waals surface area contributed by atoms with Gasteiger partial charge in [-0.2, -0.15) is 5.26 Å². The molecule has 1 amide bonds. The van der Waals surface area contributed by atoms with E-state index in [1.807, 2.05) is 6.07 Å². The molecule has 1 aromatic carbocycles. The molecule has 0 bridgehead atoms. The van der Waals surface area contributed by atoms with Crippen LogP contribution in [0.2, 0.25) is 0 Å². The highest BCUT2D eigenvalue weighted by molar-refractivity contribution is 6.01. The van der Waals surface area contributed by atoms with Crippen molar-refractivity contribution < 1.29 is 14.6 Å². The molecule has 7 heteroatoms. The predicted octanol–water partition coefficient (Wildman–Crippen LogP) is 1.54. The number of aromatic hydroxyl groups is 1. The Bertz CT molecular complexity index is 672. The number of benzene rings is 1. The van der Waals surface area contributed by atoms with Crippen LogP contribution in [0.1, 0.15) is 12.5 Å². The van der Waals surface area contributed by atoms with Gasteiger partial charge in [0.1, 0.15) is 18.0 Å². The zero-order valence-corrected chi connectivity index (χ0v) is 13.0. The average molecular weight is 314 g/mol. The van der Waals surface area contributed by atoms with Gasteiger partial charge in [-0.05, 0) is 30.7 Å². The van der Waals surface area contributed by atoms with Gasteiger partial charge in [0.25, 0.3) is 5.91 Å². The van der Waals surface area contributed by atoms with Crippen molar-refractivity contribution in [3.8, 4) is 17.6 Å². The molecule has 0 aliphatic heterocycles. The van der Waals surface area contributed by atoms with Gasteiger partial charge in [-0.3, -0.25) is 9.79 Å². The SMILES string of the molecule is C/C=N\C=N/CCNC(=O)/C(C#N)=C/c1ccc(O)c(OC)c1. The van der Waals surface area contributed by atoms with Gasteiger partial charge < -0.3 is 15.2 Å². The number of nitrogens with one attached hydrogen (secondary N) is 1. The molecule has 120 valence electrons. The minimum atomic E-state index is -0.492. The number of ether oxygens (including phenoxy) is 1. The first-order valence-electron chi connectivity index (χ1n) is 6.85. The number of phenolic OH excluding ortho intramolecular Hbond substituents is 1. The van der Waals surface area contributed by atoms with Gasteiger partial charge >= 0.3 is 0 Å². The molecule has 0 aliphatic rings. The summed E-state index contributed by atoms with van der Waals surface area (Å²) in [4.78, 5) is 19.7. The lowest BCUT2D eigenvalue weighted by Crippen LogP contribution is -2.27. The van der Waals surface area contributed by atoms with Gasteiger partial charge in [0, 0.05) is 12.8 Å². The Morgan fingerprint density at radius 3 is 2.96 bits per heavy atom. The number of nitriles is 1. The maximum atomic E-state index is 11.9. The average Bonchev–Trinajstić information content (AvgIpc) is 2.56. The van der Waals surface area contributed by atoms with Crippen LogP contribution < -0.4 is 10.1 Å². The van der Waals surface area contributed by atoms with E-state index in [0.29, 0.717) is 18.7 Å². The van der Waals surface area contributed by atoms with Crippen LogP contribution >= 0.6 is 0 Å². The molecule has 0 radical (unpaired) electrons. The summed E-state index contributed by atoms with van der Waals surface area (Å²) in [7, 11) is 1.42. The molecular formula is C16H18N4O3. The van der Waals surface area contributed by atoms with Gasteiger partial charge in [0.05, 0.1) is 13.7 Å². The number of methoxy groups -OCH3 is 1. The van der Waals surface area contributed by atoms with Crippen molar-refractivity contribution in [1.82, 2.24) is 5.32 Å². The normalized spacial score (nSPS) is 11.6. The second-order valence-corrected chi connectivity index (χ2v) is 4.29. The van der Waals surface area contributed by atoms with E-state index in [2.05, 4.69) is 15.3 Å². The molecule has 0 spiro atoms. The fourth-order valence-corrected chi connectivity index (χ4v) is 1.60. The molecule has 0 saturated carbocycles. The Hall–Kier alpha value is -3.14. The number of nitrogens with zero attached hydrogens (tertiary/aromatic N) is 3. The maximum absolute atomic E-state index is 11.9. The molecule has 23 heavy (non-hydrogen) atoms. The number of carbonyl (C=O) groups excluding carboxylic acids is 1. The van der Waals surface area contributed by atoms with Gasteiger partial charge in [0.2, 0.25) is 0 Å². The van der Waals surface area contributed by atoms with Crippen LogP contribution in [0.4, 0.5) is 0 Å². The van der Waals surface area contributed by atoms with E-state index < -0.39 is 5.91 Å². The summed E-state index contributed by atoms with van der Waals surface area (Å²) in [6.07, 6.45) is 4.42. The molecule has 0 saturated heterocycles. The van der Waals surface area contributed by atoms with Crippen molar-refractivity contribution in [1.29, 1.82) is 5.26 Å². The molecule has 0 unspecified atom stereocenters. The highest BCUT2D eigenvalue weighted by Gasteiger charge is 2.09. The standard InChI is InChI=1S/C16H18N4O3/c1-3-18-11-19-6-7-20-16(22)13(10-17)8-12-4-5-14(21)15(9-12)23-2/h3-5,8-9,11,21H,6-7H2,1-2H3,(H,20,22)/b13-8+,18-3-,19-11-. The second-order valence-electron chi connectivity index (χ2n) is 4.29. The van der Waals surface area contributed by atoms with Crippen molar-refractivity contribution in [3.63, 3.8) is 0 Å². The third-order valence-electron chi connectivity index (χ3n) is 2.70. The first kappa shape index (κ1) is 17.9. The lowest BCUT2D eigenvalue weighted by molar-refractivity contribution is -0.116. The molecule has 1 rings (SSSR count). The number of carbonyl (C=O) groups is 1. The zero-order chi connectivity index (χ0) is 17.1. The minimum absolute atomic E-state index is 0.0137. The van der Waals surface area contributed by atoms with Crippen LogP contribution in [0.15, 0.2) is 33.8 Å². The molecular weight excluding hydrogens is 296 g/mol. The van der Waals surface area contributed by atoms with Crippen molar-refractivity contribution >= 4 is 24.5 Å². The van der Waals surface area contributed by atoms with E-state index >= 15 is 0 Å². The number of hydrogen-bond acceptors (Lipinski definition) is 5. The van der Waals surface area contributed by atoms with Gasteiger partial charge in [-0.25, -0.2) is 4.99 Å². The monoisotopic (exact) mass is 314 g/mol. The molecule has 0 atom stereocenters. The predicted molar refractivity (Wildman–Crippen MR) is 88.8 cm³/mol. The Labute approximate surface area is 134 Å². The number of hydrogen-bond donors (Lipinski definition) is 2. The first-order chi connectivity index (χ1) is 11.1. The Balaban J connectivity index is 2.71. The molecule has 0 heterocycles. The topological polar surface area (TPSA) is 107 Å². The largest absolute Gasteiger partial charge is 0.504 e. The lowest BCUT2D eigenvalue weighted by atomic mass is 10.1. The highest BCUT2D eigenvalue weighted by Crippen LogP contribution is 2.27. The van der Waals surface area contributed by atoms with Crippen molar-refractivity contribution in [2.45, 2.75) is 6.92 Å². The Morgan fingerprint density at radius 1 is 1.52 bits per heavy atom. The number of amides is 1. The van der Waals surface area contributed by atoms with Gasteiger partial charge in [0.15, 0.2) is 11.5 Å². The van der Waals surface area contributed by atoms with Gasteiger partial charge in [-0.15, -0.1) is 0 Å². The smallest absolute Gasteiger partial charge is 0.262 e. The fourth-order valence-electron chi connectivity index (χ4n) is 1.60. The third kappa shape index (κ3) is 6.01. The van der Waals surface area contributed by atoms with E-state index in [4.69, 9.17) is 10.00 Å². The van der Waals surface area contributed by atoms with Crippen LogP contribution in [0.3, 0.4) is 0 Å². The third-order valence-corrected chi connectivity index (χ3v) is 2.70. The molecule has 2 N–H and O–H groups in total. The summed E-state index contributed by atoms with van der Waals surface area (Å²) in [6.45, 7) is 2.44. The van der Waals surface area contributed by atoms with Crippen LogP contribution in [0.25, 0.3) is 6.08 Å². The van der Waals surface area contributed by atoms with Crippen LogP contribution in [0, 0.1) is 11.3 Å². The van der Waals surface area contributed by atoms with E-state index in [9.17, 15) is 9.90 Å². The van der Waals surface area contributed by atoms with Crippen LogP contribution in [0.5, 0.6) is 11.5 Å². The molecule has 0 aliphatic carbocycles. The first-order valence-corrected chi connectivity index (χ1v) is 6.85. The van der Waals surface area contributed by atoms with E-state index in [1.165, 1.54) is 31.7 Å². The number of aliphatic imine (C=N–C) groups is 2. The fraction of sp³-hybridized carbons (Fsp3) is 0.250. The molecule has 0 aromatic heterocycles. The van der Waals surface area contributed by atoms with Crippen LogP contribution in [-0.4, -0.2) is 43.8 Å². The van der Waals surface area contributed by atoms with Crippen molar-refractivity contribution in [2.24, 2.45) is 9.98 Å². The summed E-state index contributed by atoms with van der Waals surface area (Å²) < 4.78 is 4.98. The molecule has 7 nitrogen and oxygen atoms in total. The van der Waals surface area contributed by atoms with E-state index in [-0.39, 0.29) is 17.1 Å².